The van der Waals surface area contributed by atoms with E-state index in [9.17, 15) is 4.79 Å². The van der Waals surface area contributed by atoms with Gasteiger partial charge in [-0.15, -0.1) is 0 Å². The van der Waals surface area contributed by atoms with Gasteiger partial charge >= 0.3 is 5.97 Å². The number of rotatable bonds is 9. The van der Waals surface area contributed by atoms with Gasteiger partial charge in [-0.25, -0.2) is 4.79 Å². The van der Waals surface area contributed by atoms with Crippen LogP contribution in [0.3, 0.4) is 0 Å². The lowest BCUT2D eigenvalue weighted by Gasteiger charge is -2.15. The predicted octanol–water partition coefficient (Wildman–Crippen LogP) is 3.46. The third-order valence-corrected chi connectivity index (χ3v) is 2.66. The first kappa shape index (κ1) is 17.9. The van der Waals surface area contributed by atoms with Gasteiger partial charge in [-0.2, -0.15) is 0 Å². The number of carbonyl (C=O) groups excluding carboxylic acids is 1. The topological polar surface area (TPSA) is 54.0 Å². The van der Waals surface area contributed by atoms with Crippen LogP contribution >= 0.6 is 0 Å². The number of esters is 1. The minimum atomic E-state index is -0.392. The smallest absolute Gasteiger partial charge is 0.330 e. The molecule has 1 aromatic rings. The SMILES string of the molecule is CCOC(=O)C=Cc1cc(OCC)c(OCC)cc1OCC. The zero-order valence-electron chi connectivity index (χ0n) is 13.7. The normalized spacial score (nSPS) is 10.5. The highest BCUT2D eigenvalue weighted by atomic mass is 16.5. The summed E-state index contributed by atoms with van der Waals surface area (Å²) in [6.45, 7) is 9.38. The van der Waals surface area contributed by atoms with Crippen LogP contribution in [0.1, 0.15) is 33.3 Å². The van der Waals surface area contributed by atoms with Crippen molar-refractivity contribution in [1.82, 2.24) is 0 Å². The molecule has 0 saturated carbocycles. The summed E-state index contributed by atoms with van der Waals surface area (Å²) < 4.78 is 21.7. The molecule has 0 saturated heterocycles. The molecule has 122 valence electrons. The van der Waals surface area contributed by atoms with E-state index in [2.05, 4.69) is 0 Å². The number of ether oxygens (including phenoxy) is 4. The fourth-order valence-corrected chi connectivity index (χ4v) is 1.85. The highest BCUT2D eigenvalue weighted by Crippen LogP contribution is 2.36. The van der Waals surface area contributed by atoms with Gasteiger partial charge in [0.25, 0.3) is 0 Å². The summed E-state index contributed by atoms with van der Waals surface area (Å²) in [6, 6.07) is 3.58. The molecule has 1 aromatic carbocycles. The highest BCUT2D eigenvalue weighted by Gasteiger charge is 2.12. The summed E-state index contributed by atoms with van der Waals surface area (Å²) in [6.07, 6.45) is 3.03. The number of hydrogen-bond acceptors (Lipinski definition) is 5. The maximum absolute atomic E-state index is 11.5. The standard InChI is InChI=1S/C17H24O5/c1-5-19-14-12-16(21-7-3)15(20-6-2)11-13(14)9-10-17(18)22-8-4/h9-12H,5-8H2,1-4H3. The van der Waals surface area contributed by atoms with Gasteiger partial charge in [0.15, 0.2) is 11.5 Å². The molecule has 0 aliphatic carbocycles. The van der Waals surface area contributed by atoms with Gasteiger partial charge in [0.1, 0.15) is 5.75 Å². The minimum Gasteiger partial charge on any atom is -0.493 e. The fraction of sp³-hybridized carbons (Fsp3) is 0.471. The lowest BCUT2D eigenvalue weighted by atomic mass is 10.1. The minimum absolute atomic E-state index is 0.342. The second-order valence-corrected chi connectivity index (χ2v) is 4.22. The number of hydrogen-bond donors (Lipinski definition) is 0. The Hall–Kier alpha value is -2.17. The quantitative estimate of drug-likeness (QED) is 0.516. The van der Waals surface area contributed by atoms with Crippen LogP contribution in [-0.4, -0.2) is 32.4 Å². The third kappa shape index (κ3) is 5.31. The van der Waals surface area contributed by atoms with Crippen LogP contribution in [0.15, 0.2) is 18.2 Å². The average Bonchev–Trinajstić information content (AvgIpc) is 2.49. The van der Waals surface area contributed by atoms with Gasteiger partial charge in [0.2, 0.25) is 0 Å². The Balaban J connectivity index is 3.16. The van der Waals surface area contributed by atoms with E-state index < -0.39 is 5.97 Å². The molecular weight excluding hydrogens is 284 g/mol. The molecule has 0 aromatic heterocycles. The zero-order chi connectivity index (χ0) is 16.4. The Bertz CT molecular complexity index is 508. The largest absolute Gasteiger partial charge is 0.493 e. The Kier molecular flexibility index (Phi) is 7.89. The maximum Gasteiger partial charge on any atom is 0.330 e. The summed E-state index contributed by atoms with van der Waals surface area (Å²) in [7, 11) is 0. The van der Waals surface area contributed by atoms with Gasteiger partial charge in [-0.3, -0.25) is 0 Å². The third-order valence-electron chi connectivity index (χ3n) is 2.66. The fourth-order valence-electron chi connectivity index (χ4n) is 1.85. The van der Waals surface area contributed by atoms with E-state index in [1.54, 1.807) is 25.1 Å². The monoisotopic (exact) mass is 308 g/mol. The van der Waals surface area contributed by atoms with Crippen LogP contribution in [0.25, 0.3) is 6.08 Å². The molecule has 5 nitrogen and oxygen atoms in total. The van der Waals surface area contributed by atoms with Crippen LogP contribution in [0.4, 0.5) is 0 Å². The Morgan fingerprint density at radius 2 is 1.41 bits per heavy atom. The zero-order valence-corrected chi connectivity index (χ0v) is 13.7. The first-order valence-electron chi connectivity index (χ1n) is 7.57. The highest BCUT2D eigenvalue weighted by molar-refractivity contribution is 5.87. The Morgan fingerprint density at radius 1 is 0.864 bits per heavy atom. The molecule has 0 heterocycles. The van der Waals surface area contributed by atoms with E-state index in [1.165, 1.54) is 6.08 Å². The second-order valence-electron chi connectivity index (χ2n) is 4.22. The van der Waals surface area contributed by atoms with Crippen molar-refractivity contribution >= 4 is 12.0 Å². The molecule has 0 spiro atoms. The summed E-state index contributed by atoms with van der Waals surface area (Å²) in [5.74, 6) is 1.49. The van der Waals surface area contributed by atoms with Gasteiger partial charge in [-0.05, 0) is 39.8 Å². The van der Waals surface area contributed by atoms with E-state index in [0.29, 0.717) is 43.7 Å². The Morgan fingerprint density at radius 3 is 1.95 bits per heavy atom. The van der Waals surface area contributed by atoms with Crippen LogP contribution in [-0.2, 0) is 9.53 Å². The molecule has 0 unspecified atom stereocenters. The van der Waals surface area contributed by atoms with E-state index >= 15 is 0 Å². The van der Waals surface area contributed by atoms with Crippen molar-refractivity contribution in [2.45, 2.75) is 27.7 Å². The van der Waals surface area contributed by atoms with Crippen molar-refractivity contribution < 1.29 is 23.7 Å². The van der Waals surface area contributed by atoms with E-state index in [1.807, 2.05) is 20.8 Å². The lowest BCUT2D eigenvalue weighted by Crippen LogP contribution is -2.02. The van der Waals surface area contributed by atoms with Crippen LogP contribution in [0, 0.1) is 0 Å². The van der Waals surface area contributed by atoms with Gasteiger partial charge in [0, 0.05) is 17.7 Å². The van der Waals surface area contributed by atoms with Gasteiger partial charge < -0.3 is 18.9 Å². The molecule has 0 aliphatic heterocycles. The second kappa shape index (κ2) is 9.71. The van der Waals surface area contributed by atoms with Crippen molar-refractivity contribution in [1.29, 1.82) is 0 Å². The molecule has 0 atom stereocenters. The van der Waals surface area contributed by atoms with E-state index in [0.717, 1.165) is 5.56 Å². The number of benzene rings is 1. The van der Waals surface area contributed by atoms with Crippen LogP contribution < -0.4 is 14.2 Å². The summed E-state index contributed by atoms with van der Waals surface area (Å²) in [4.78, 5) is 11.5. The van der Waals surface area contributed by atoms with Crippen molar-refractivity contribution in [3.8, 4) is 17.2 Å². The number of carbonyl (C=O) groups is 1. The molecule has 0 bridgehead atoms. The van der Waals surface area contributed by atoms with Crippen LogP contribution in [0.2, 0.25) is 0 Å². The van der Waals surface area contributed by atoms with Crippen molar-refractivity contribution in [2.75, 3.05) is 26.4 Å². The maximum atomic E-state index is 11.5. The molecule has 0 amide bonds. The van der Waals surface area contributed by atoms with Crippen molar-refractivity contribution in [2.24, 2.45) is 0 Å². The van der Waals surface area contributed by atoms with Crippen molar-refractivity contribution in [3.63, 3.8) is 0 Å². The average molecular weight is 308 g/mol. The van der Waals surface area contributed by atoms with Gasteiger partial charge in [-0.1, -0.05) is 0 Å². The molecule has 1 rings (SSSR count). The predicted molar refractivity (Wildman–Crippen MR) is 85.6 cm³/mol. The van der Waals surface area contributed by atoms with Gasteiger partial charge in [0.05, 0.1) is 26.4 Å². The summed E-state index contributed by atoms with van der Waals surface area (Å²) in [5, 5.41) is 0. The molecule has 0 aliphatic rings. The van der Waals surface area contributed by atoms with Crippen molar-refractivity contribution in [3.05, 3.63) is 23.8 Å². The molecule has 5 heteroatoms. The first-order valence-corrected chi connectivity index (χ1v) is 7.57. The lowest BCUT2D eigenvalue weighted by molar-refractivity contribution is -0.137. The molecule has 22 heavy (non-hydrogen) atoms. The van der Waals surface area contributed by atoms with Crippen LogP contribution in [0.5, 0.6) is 17.2 Å². The summed E-state index contributed by atoms with van der Waals surface area (Å²) in [5.41, 5.74) is 0.738. The van der Waals surface area contributed by atoms with E-state index in [4.69, 9.17) is 18.9 Å². The van der Waals surface area contributed by atoms with E-state index in [-0.39, 0.29) is 0 Å². The summed E-state index contributed by atoms with van der Waals surface area (Å²) >= 11 is 0. The molecule has 0 fully saturated rings. The Labute approximate surface area is 131 Å². The molecular formula is C17H24O5. The first-order chi connectivity index (χ1) is 10.7. The molecule has 0 N–H and O–H groups in total. The molecule has 0 radical (unpaired) electrons.